The van der Waals surface area contributed by atoms with E-state index in [0.29, 0.717) is 0 Å². The van der Waals surface area contributed by atoms with Crippen molar-refractivity contribution in [3.63, 3.8) is 0 Å². The first kappa shape index (κ1) is 9.60. The average molecular weight is 249 g/mol. The molecule has 0 aromatic heterocycles. The fraction of sp³-hybridized carbons (Fsp3) is 0.300. The molecule has 0 N–H and O–H groups in total. The van der Waals surface area contributed by atoms with Crippen LogP contribution in [0, 0.1) is 0 Å². The van der Waals surface area contributed by atoms with Crippen molar-refractivity contribution < 1.29 is 22.6 Å². The van der Waals surface area contributed by atoms with Gasteiger partial charge in [0.15, 0.2) is 0 Å². The van der Waals surface area contributed by atoms with Gasteiger partial charge in [-0.3, -0.25) is 0 Å². The molecule has 0 aliphatic heterocycles. The second-order valence-corrected chi connectivity index (χ2v) is 3.31. The van der Waals surface area contributed by atoms with Crippen LogP contribution in [0.4, 0.5) is 0 Å². The van der Waals surface area contributed by atoms with Gasteiger partial charge in [-0.2, -0.15) is 0 Å². The minimum absolute atomic E-state index is 0.234. The molecule has 0 atom stereocenters. The molecule has 0 saturated heterocycles. The molecule has 12 heavy (non-hydrogen) atoms. The predicted molar refractivity (Wildman–Crippen MR) is 47.4 cm³/mol. The van der Waals surface area contributed by atoms with Gasteiger partial charge in [-0.1, -0.05) is 0 Å². The Balaban J connectivity index is 2.89. The van der Waals surface area contributed by atoms with Gasteiger partial charge in [-0.25, -0.2) is 0 Å². The van der Waals surface area contributed by atoms with Crippen LogP contribution in [0.3, 0.4) is 0 Å². The summed E-state index contributed by atoms with van der Waals surface area (Å²) < 4.78 is 7.58. The summed E-state index contributed by atoms with van der Waals surface area (Å²) in [6.45, 7) is 4.06. The summed E-state index contributed by atoms with van der Waals surface area (Å²) in [6.07, 6.45) is 0.234. The van der Waals surface area contributed by atoms with Crippen LogP contribution in [0.2, 0.25) is 0 Å². The van der Waals surface area contributed by atoms with Gasteiger partial charge in [0, 0.05) is 0 Å². The first-order chi connectivity index (χ1) is 5.74. The van der Waals surface area contributed by atoms with E-state index >= 15 is 0 Å². The van der Waals surface area contributed by atoms with E-state index in [1.165, 1.54) is 0 Å². The standard InChI is InChI=1S/C10H12O.Ru/c1-8(2)11-10-7-5-4-6-9(10)3;/h3-8H,1-2H3;/q;+1. The number of hydrogen-bond donors (Lipinski definition) is 0. The molecule has 0 spiro atoms. The Morgan fingerprint density at radius 1 is 1.33 bits per heavy atom. The second-order valence-electron chi connectivity index (χ2n) is 2.81. The average Bonchev–Trinajstić information content (AvgIpc) is 2.04. The van der Waals surface area contributed by atoms with Crippen LogP contribution in [0.15, 0.2) is 24.3 Å². The molecule has 0 radical (unpaired) electrons. The van der Waals surface area contributed by atoms with Gasteiger partial charge in [0.1, 0.15) is 0 Å². The first-order valence-corrected chi connectivity index (χ1v) is 4.92. The maximum atomic E-state index is 5.59. The van der Waals surface area contributed by atoms with Crippen LogP contribution in [0.5, 0.6) is 5.75 Å². The van der Waals surface area contributed by atoms with E-state index in [1.54, 1.807) is 0 Å². The third-order valence-corrected chi connectivity index (χ3v) is 1.93. The molecule has 65 valence electrons. The van der Waals surface area contributed by atoms with Crippen molar-refractivity contribution in [2.45, 2.75) is 20.0 Å². The maximum absolute atomic E-state index is 5.59. The van der Waals surface area contributed by atoms with Gasteiger partial charge in [-0.15, -0.1) is 0 Å². The van der Waals surface area contributed by atoms with Crippen molar-refractivity contribution in [3.8, 4) is 5.75 Å². The van der Waals surface area contributed by atoms with Crippen LogP contribution in [0.1, 0.15) is 19.4 Å². The molecular formula is C10H12ORu+. The van der Waals surface area contributed by atoms with E-state index in [-0.39, 0.29) is 6.10 Å². The summed E-state index contributed by atoms with van der Waals surface area (Å²) in [7, 11) is 0. The number of benzene rings is 1. The van der Waals surface area contributed by atoms with Gasteiger partial charge < -0.3 is 0 Å². The topological polar surface area (TPSA) is 9.23 Å². The second kappa shape index (κ2) is 4.52. The van der Waals surface area contributed by atoms with Gasteiger partial charge in [0.25, 0.3) is 0 Å². The van der Waals surface area contributed by atoms with Gasteiger partial charge in [-0.05, 0) is 0 Å². The van der Waals surface area contributed by atoms with Crippen LogP contribution >= 0.6 is 0 Å². The Labute approximate surface area is 82.9 Å². The molecule has 2 heteroatoms. The number of rotatable bonds is 3. The Hall–Kier alpha value is -0.487. The van der Waals surface area contributed by atoms with Crippen LogP contribution in [-0.2, 0) is 17.9 Å². The van der Waals surface area contributed by atoms with Crippen molar-refractivity contribution in [2.75, 3.05) is 0 Å². The Bertz CT molecular complexity index is 268. The molecular weight excluding hydrogens is 237 g/mol. The first-order valence-electron chi connectivity index (χ1n) is 3.91. The molecule has 0 amide bonds. The van der Waals surface area contributed by atoms with Gasteiger partial charge >= 0.3 is 82.7 Å². The molecule has 1 nitrogen and oxygen atoms in total. The number of para-hydroxylation sites is 1. The van der Waals surface area contributed by atoms with E-state index in [9.17, 15) is 0 Å². The van der Waals surface area contributed by atoms with E-state index in [1.807, 2.05) is 42.7 Å². The van der Waals surface area contributed by atoms with E-state index < -0.39 is 0 Å². The van der Waals surface area contributed by atoms with Crippen LogP contribution in [-0.4, -0.2) is 10.7 Å². The van der Waals surface area contributed by atoms with Crippen LogP contribution in [0.25, 0.3) is 0 Å². The Kier molecular flexibility index (Phi) is 3.61. The molecule has 0 unspecified atom stereocenters. The van der Waals surface area contributed by atoms with Gasteiger partial charge in [0.05, 0.1) is 0 Å². The summed E-state index contributed by atoms with van der Waals surface area (Å²) >= 11 is 2.49. The summed E-state index contributed by atoms with van der Waals surface area (Å²) in [4.78, 5) is 0. The third-order valence-electron chi connectivity index (χ3n) is 1.39. The number of ether oxygens (including phenoxy) is 1. The third kappa shape index (κ3) is 2.53. The Morgan fingerprint density at radius 2 is 2.00 bits per heavy atom. The van der Waals surface area contributed by atoms with Crippen molar-refractivity contribution in [3.05, 3.63) is 29.8 Å². The monoisotopic (exact) mass is 250 g/mol. The zero-order chi connectivity index (χ0) is 8.97. The number of hydrogen-bond acceptors (Lipinski definition) is 1. The quantitative estimate of drug-likeness (QED) is 0.746. The molecule has 0 bridgehead atoms. The molecule has 0 aliphatic rings. The normalized spacial score (nSPS) is 9.92. The minimum atomic E-state index is 0.234. The van der Waals surface area contributed by atoms with Crippen molar-refractivity contribution in [2.24, 2.45) is 0 Å². The molecule has 0 aliphatic carbocycles. The summed E-state index contributed by atoms with van der Waals surface area (Å²) in [5.41, 5.74) is 1.13. The predicted octanol–water partition coefficient (Wildman–Crippen LogP) is 2.17. The molecule has 1 rings (SSSR count). The van der Waals surface area contributed by atoms with Crippen molar-refractivity contribution >= 4 is 4.61 Å². The Morgan fingerprint density at radius 3 is 2.58 bits per heavy atom. The van der Waals surface area contributed by atoms with Crippen molar-refractivity contribution in [1.82, 2.24) is 0 Å². The molecule has 0 fully saturated rings. The molecule has 1 aromatic rings. The fourth-order valence-electron chi connectivity index (χ4n) is 0.926. The van der Waals surface area contributed by atoms with E-state index in [4.69, 9.17) is 4.74 Å². The fourth-order valence-corrected chi connectivity index (χ4v) is 1.34. The summed E-state index contributed by atoms with van der Waals surface area (Å²) in [6, 6.07) is 8.01. The molecule has 1 aromatic carbocycles. The zero-order valence-electron chi connectivity index (χ0n) is 7.23. The SMILES string of the molecule is CC(C)Oc1ccccc1[CH]=[Ru+]. The van der Waals surface area contributed by atoms with Crippen LogP contribution < -0.4 is 4.74 Å². The van der Waals surface area contributed by atoms with Gasteiger partial charge in [0.2, 0.25) is 0 Å². The molecule has 0 heterocycles. The van der Waals surface area contributed by atoms with Crippen molar-refractivity contribution in [1.29, 1.82) is 0 Å². The summed E-state index contributed by atoms with van der Waals surface area (Å²) in [5.74, 6) is 0.950. The zero-order valence-corrected chi connectivity index (χ0v) is 8.96. The van der Waals surface area contributed by atoms with E-state index in [2.05, 4.69) is 17.9 Å². The molecule has 0 saturated carbocycles. The summed E-state index contributed by atoms with van der Waals surface area (Å²) in [5, 5.41) is 0. The van der Waals surface area contributed by atoms with E-state index in [0.717, 1.165) is 11.3 Å².